The molecule has 1 aromatic carbocycles. The second-order valence-corrected chi connectivity index (χ2v) is 8.53. The molecule has 0 bridgehead atoms. The highest BCUT2D eigenvalue weighted by molar-refractivity contribution is 6.31. The lowest BCUT2D eigenvalue weighted by molar-refractivity contribution is -0.157. The number of alkyl carbamates (subject to hydrolysis) is 1. The molecule has 0 saturated heterocycles. The summed E-state index contributed by atoms with van der Waals surface area (Å²) in [4.78, 5) is 48.7. The molecule has 9 heteroatoms. The van der Waals surface area contributed by atoms with Crippen LogP contribution in [0.3, 0.4) is 0 Å². The maximum Gasteiger partial charge on any atom is 0.410 e. The molecule has 2 rings (SSSR count). The second kappa shape index (κ2) is 11.9. The SMILES string of the molecule is CC[C@@H](C)[C@H](NC(C)=O)C(=O)OCOC(=O)NC[C@@]1(c2ccccc2Cl)CCCCC1=O. The van der Waals surface area contributed by atoms with E-state index in [9.17, 15) is 19.2 Å². The average Bonchev–Trinajstić information content (AvgIpc) is 2.77. The minimum atomic E-state index is -0.917. The van der Waals surface area contributed by atoms with E-state index in [1.165, 1.54) is 6.92 Å². The number of hydrogen-bond acceptors (Lipinski definition) is 6. The summed E-state index contributed by atoms with van der Waals surface area (Å²) in [5.74, 6) is -1.16. The van der Waals surface area contributed by atoms with Crippen LogP contribution in [0.25, 0.3) is 0 Å². The summed E-state index contributed by atoms with van der Waals surface area (Å²) in [6, 6.07) is 6.30. The van der Waals surface area contributed by atoms with E-state index in [-0.39, 0.29) is 24.2 Å². The minimum absolute atomic E-state index is 0.0234. The fourth-order valence-electron chi connectivity index (χ4n) is 3.90. The van der Waals surface area contributed by atoms with Crippen molar-refractivity contribution in [2.45, 2.75) is 64.3 Å². The maximum atomic E-state index is 12.9. The van der Waals surface area contributed by atoms with Gasteiger partial charge < -0.3 is 20.1 Å². The van der Waals surface area contributed by atoms with Crippen molar-refractivity contribution < 1.29 is 28.7 Å². The van der Waals surface area contributed by atoms with Crippen LogP contribution in [0.15, 0.2) is 24.3 Å². The molecule has 1 aliphatic carbocycles. The number of ketones is 1. The summed E-state index contributed by atoms with van der Waals surface area (Å²) in [5, 5.41) is 5.64. The van der Waals surface area contributed by atoms with Gasteiger partial charge in [0.25, 0.3) is 0 Å². The van der Waals surface area contributed by atoms with Crippen molar-refractivity contribution in [2.75, 3.05) is 13.3 Å². The molecule has 2 N–H and O–H groups in total. The van der Waals surface area contributed by atoms with Gasteiger partial charge in [-0.05, 0) is 30.4 Å². The van der Waals surface area contributed by atoms with Crippen molar-refractivity contribution in [1.29, 1.82) is 0 Å². The Labute approximate surface area is 193 Å². The summed E-state index contributed by atoms with van der Waals surface area (Å²) in [6.07, 6.45) is 2.46. The van der Waals surface area contributed by atoms with E-state index in [1.54, 1.807) is 18.2 Å². The van der Waals surface area contributed by atoms with Crippen molar-refractivity contribution in [3.63, 3.8) is 0 Å². The molecule has 1 aliphatic rings. The molecular formula is C23H31ClN2O6. The van der Waals surface area contributed by atoms with E-state index in [1.807, 2.05) is 19.9 Å². The summed E-state index contributed by atoms with van der Waals surface area (Å²) in [6.45, 7) is 4.44. The molecule has 0 heterocycles. The number of carbonyl (C=O) groups is 4. The highest BCUT2D eigenvalue weighted by atomic mass is 35.5. The Kier molecular flexibility index (Phi) is 9.50. The highest BCUT2D eigenvalue weighted by Gasteiger charge is 2.43. The van der Waals surface area contributed by atoms with Gasteiger partial charge in [-0.2, -0.15) is 0 Å². The van der Waals surface area contributed by atoms with Crippen LogP contribution in [0, 0.1) is 5.92 Å². The predicted octanol–water partition coefficient (Wildman–Crippen LogP) is 3.50. The van der Waals surface area contributed by atoms with Gasteiger partial charge in [0.2, 0.25) is 12.7 Å². The number of esters is 1. The Balaban J connectivity index is 1.95. The van der Waals surface area contributed by atoms with Gasteiger partial charge in [-0.15, -0.1) is 0 Å². The normalized spacial score (nSPS) is 20.1. The number of hydrogen-bond donors (Lipinski definition) is 2. The van der Waals surface area contributed by atoms with Crippen LogP contribution in [-0.2, 0) is 29.3 Å². The Morgan fingerprint density at radius 2 is 1.91 bits per heavy atom. The lowest BCUT2D eigenvalue weighted by atomic mass is 9.68. The zero-order valence-electron chi connectivity index (χ0n) is 18.7. The van der Waals surface area contributed by atoms with E-state index >= 15 is 0 Å². The number of rotatable bonds is 9. The van der Waals surface area contributed by atoms with Crippen LogP contribution in [0.1, 0.15) is 58.4 Å². The van der Waals surface area contributed by atoms with Crippen LogP contribution in [0.5, 0.6) is 0 Å². The van der Waals surface area contributed by atoms with Gasteiger partial charge in [-0.25, -0.2) is 9.59 Å². The smallest absolute Gasteiger partial charge is 0.410 e. The highest BCUT2D eigenvalue weighted by Crippen LogP contribution is 2.39. The fourth-order valence-corrected chi connectivity index (χ4v) is 4.22. The van der Waals surface area contributed by atoms with Crippen LogP contribution >= 0.6 is 11.6 Å². The third-order valence-electron chi connectivity index (χ3n) is 5.93. The van der Waals surface area contributed by atoms with E-state index in [0.717, 1.165) is 12.8 Å². The van der Waals surface area contributed by atoms with Crippen LogP contribution < -0.4 is 10.6 Å². The average molecular weight is 467 g/mol. The number of carbonyl (C=O) groups excluding carboxylic acids is 4. The number of benzene rings is 1. The zero-order valence-corrected chi connectivity index (χ0v) is 19.5. The van der Waals surface area contributed by atoms with Gasteiger partial charge >= 0.3 is 12.1 Å². The Morgan fingerprint density at radius 3 is 2.53 bits per heavy atom. The standard InChI is InChI=1S/C23H31ClN2O6/c1-4-15(2)20(26-16(3)27)21(29)31-14-32-22(30)25-13-23(12-8-7-11-19(23)28)17-9-5-6-10-18(17)24/h5-6,9-10,15,20H,4,7-8,11-14H2,1-3H3,(H,25,30)(H,26,27)/t15-,20+,23-/m1/s1. The first kappa shape index (κ1) is 25.6. The number of Topliss-reactive ketones (excluding diaryl/α,β-unsaturated/α-hetero) is 1. The summed E-state index contributed by atoms with van der Waals surface area (Å²) in [5.41, 5.74) is -0.232. The van der Waals surface area contributed by atoms with E-state index in [4.69, 9.17) is 21.1 Å². The topological polar surface area (TPSA) is 111 Å². The number of amides is 2. The first-order valence-electron chi connectivity index (χ1n) is 10.8. The first-order chi connectivity index (χ1) is 15.2. The molecule has 0 radical (unpaired) electrons. The lowest BCUT2D eigenvalue weighted by Gasteiger charge is -2.36. The summed E-state index contributed by atoms with van der Waals surface area (Å²) in [7, 11) is 0. The molecule has 1 aromatic rings. The van der Waals surface area contributed by atoms with Gasteiger partial charge in [0.15, 0.2) is 0 Å². The van der Waals surface area contributed by atoms with E-state index < -0.39 is 30.3 Å². The molecule has 0 unspecified atom stereocenters. The third-order valence-corrected chi connectivity index (χ3v) is 6.26. The molecule has 176 valence electrons. The fraction of sp³-hybridized carbons (Fsp3) is 0.565. The van der Waals surface area contributed by atoms with Crippen LogP contribution in [-0.4, -0.2) is 43.1 Å². The molecule has 0 aromatic heterocycles. The molecular weight excluding hydrogens is 436 g/mol. The Bertz CT molecular complexity index is 846. The van der Waals surface area contributed by atoms with Gasteiger partial charge in [-0.1, -0.05) is 56.5 Å². The molecule has 1 fully saturated rings. The third kappa shape index (κ3) is 6.45. The van der Waals surface area contributed by atoms with Gasteiger partial charge in [0, 0.05) is 24.9 Å². The van der Waals surface area contributed by atoms with Crippen LogP contribution in [0.2, 0.25) is 5.02 Å². The molecule has 8 nitrogen and oxygen atoms in total. The zero-order chi connectivity index (χ0) is 23.7. The quantitative estimate of drug-likeness (QED) is 0.425. The molecule has 32 heavy (non-hydrogen) atoms. The number of halogens is 1. The van der Waals surface area contributed by atoms with Gasteiger partial charge in [-0.3, -0.25) is 9.59 Å². The Morgan fingerprint density at radius 1 is 1.19 bits per heavy atom. The van der Waals surface area contributed by atoms with Gasteiger partial charge in [0.05, 0.1) is 5.41 Å². The minimum Gasteiger partial charge on any atom is -0.426 e. The van der Waals surface area contributed by atoms with E-state index in [2.05, 4.69) is 10.6 Å². The van der Waals surface area contributed by atoms with Crippen molar-refractivity contribution >= 4 is 35.4 Å². The van der Waals surface area contributed by atoms with Crippen molar-refractivity contribution in [1.82, 2.24) is 10.6 Å². The molecule has 2 amide bonds. The monoisotopic (exact) mass is 466 g/mol. The molecule has 0 spiro atoms. The number of ether oxygens (including phenoxy) is 2. The molecule has 3 atom stereocenters. The maximum absolute atomic E-state index is 12.9. The van der Waals surface area contributed by atoms with Crippen molar-refractivity contribution in [2.24, 2.45) is 5.92 Å². The summed E-state index contributed by atoms with van der Waals surface area (Å²) >= 11 is 6.37. The number of nitrogens with one attached hydrogen (secondary N) is 2. The predicted molar refractivity (Wildman–Crippen MR) is 119 cm³/mol. The van der Waals surface area contributed by atoms with Crippen molar-refractivity contribution in [3.05, 3.63) is 34.9 Å². The molecule has 1 saturated carbocycles. The summed E-state index contributed by atoms with van der Waals surface area (Å²) < 4.78 is 9.98. The van der Waals surface area contributed by atoms with Crippen LogP contribution in [0.4, 0.5) is 4.79 Å². The Hall–Kier alpha value is -2.61. The molecule has 0 aliphatic heterocycles. The lowest BCUT2D eigenvalue weighted by Crippen LogP contribution is -2.48. The van der Waals surface area contributed by atoms with Gasteiger partial charge in [0.1, 0.15) is 11.8 Å². The largest absolute Gasteiger partial charge is 0.426 e. The van der Waals surface area contributed by atoms with E-state index in [0.29, 0.717) is 29.8 Å². The van der Waals surface area contributed by atoms with Crippen molar-refractivity contribution in [3.8, 4) is 0 Å². The second-order valence-electron chi connectivity index (χ2n) is 8.12. The first-order valence-corrected chi connectivity index (χ1v) is 11.2.